The Morgan fingerprint density at radius 2 is 2.00 bits per heavy atom. The molecule has 0 radical (unpaired) electrons. The predicted molar refractivity (Wildman–Crippen MR) is 67.5 cm³/mol. The highest BCUT2D eigenvalue weighted by Crippen LogP contribution is 2.06. The number of rotatable bonds is 7. The highest BCUT2D eigenvalue weighted by molar-refractivity contribution is 5.14. The van der Waals surface area contributed by atoms with Crippen LogP contribution in [0.4, 0.5) is 0 Å². The first-order valence-corrected chi connectivity index (χ1v) is 5.65. The van der Waals surface area contributed by atoms with E-state index in [0.717, 1.165) is 19.7 Å². The average molecular weight is 222 g/mol. The maximum atomic E-state index is 5.23. The molecule has 0 heterocycles. The lowest BCUT2D eigenvalue weighted by atomic mass is 10.2. The van der Waals surface area contributed by atoms with Crippen molar-refractivity contribution in [3.8, 4) is 0 Å². The molecule has 3 nitrogen and oxygen atoms in total. The summed E-state index contributed by atoms with van der Waals surface area (Å²) in [6, 6.07) is 10.9. The second kappa shape index (κ2) is 7.39. The first-order valence-electron chi connectivity index (χ1n) is 5.65. The summed E-state index contributed by atoms with van der Waals surface area (Å²) in [5.74, 6) is 0. The van der Waals surface area contributed by atoms with Crippen molar-refractivity contribution in [2.45, 2.75) is 12.6 Å². The number of hydrogen-bond donors (Lipinski definition) is 1. The van der Waals surface area contributed by atoms with Gasteiger partial charge in [-0.1, -0.05) is 30.3 Å². The van der Waals surface area contributed by atoms with Crippen LogP contribution in [0.15, 0.2) is 30.3 Å². The maximum absolute atomic E-state index is 5.23. The van der Waals surface area contributed by atoms with E-state index in [2.05, 4.69) is 41.5 Å². The number of methoxy groups -OCH3 is 1. The molecule has 90 valence electrons. The fourth-order valence-electron chi connectivity index (χ4n) is 1.77. The van der Waals surface area contributed by atoms with Crippen LogP contribution >= 0.6 is 0 Å². The highest BCUT2D eigenvalue weighted by atomic mass is 16.5. The first-order chi connectivity index (χ1) is 7.77. The van der Waals surface area contributed by atoms with Crippen LogP contribution in [0.2, 0.25) is 0 Å². The summed E-state index contributed by atoms with van der Waals surface area (Å²) >= 11 is 0. The second-order valence-electron chi connectivity index (χ2n) is 4.07. The van der Waals surface area contributed by atoms with Crippen LogP contribution in [0.25, 0.3) is 0 Å². The Morgan fingerprint density at radius 3 is 2.56 bits per heavy atom. The van der Waals surface area contributed by atoms with E-state index in [9.17, 15) is 0 Å². The molecule has 0 aliphatic carbocycles. The zero-order valence-electron chi connectivity index (χ0n) is 10.4. The van der Waals surface area contributed by atoms with Crippen LogP contribution in [0, 0.1) is 0 Å². The molecule has 0 saturated carbocycles. The van der Waals surface area contributed by atoms with Gasteiger partial charge in [0.05, 0.1) is 6.61 Å². The SMILES string of the molecule is CNCC(COC)N(C)Cc1ccccc1. The molecule has 3 heteroatoms. The zero-order valence-corrected chi connectivity index (χ0v) is 10.4. The lowest BCUT2D eigenvalue weighted by molar-refractivity contribution is 0.102. The van der Waals surface area contributed by atoms with Gasteiger partial charge in [0.25, 0.3) is 0 Å². The lowest BCUT2D eigenvalue weighted by Gasteiger charge is -2.27. The van der Waals surface area contributed by atoms with Gasteiger partial charge in [-0.25, -0.2) is 0 Å². The summed E-state index contributed by atoms with van der Waals surface area (Å²) in [7, 11) is 5.85. The Bertz CT molecular complexity index is 271. The van der Waals surface area contributed by atoms with Gasteiger partial charge in [-0.2, -0.15) is 0 Å². The molecule has 0 amide bonds. The van der Waals surface area contributed by atoms with Crippen molar-refractivity contribution >= 4 is 0 Å². The molecule has 0 aromatic heterocycles. The summed E-state index contributed by atoms with van der Waals surface area (Å²) < 4.78 is 5.23. The normalized spacial score (nSPS) is 13.0. The van der Waals surface area contributed by atoms with Crippen LogP contribution in [0.5, 0.6) is 0 Å². The molecular weight excluding hydrogens is 200 g/mol. The summed E-state index contributed by atoms with van der Waals surface area (Å²) in [5.41, 5.74) is 1.34. The number of likely N-dealkylation sites (N-methyl/N-ethyl adjacent to an activating group) is 2. The molecule has 1 rings (SSSR count). The Morgan fingerprint density at radius 1 is 1.31 bits per heavy atom. The van der Waals surface area contributed by atoms with Gasteiger partial charge in [0.1, 0.15) is 0 Å². The fourth-order valence-corrected chi connectivity index (χ4v) is 1.77. The van der Waals surface area contributed by atoms with Crippen LogP contribution in [0.3, 0.4) is 0 Å². The number of benzene rings is 1. The van der Waals surface area contributed by atoms with Gasteiger partial charge in [-0.3, -0.25) is 4.90 Å². The fraction of sp³-hybridized carbons (Fsp3) is 0.538. The monoisotopic (exact) mass is 222 g/mol. The Labute approximate surface area is 98.4 Å². The van der Waals surface area contributed by atoms with Gasteiger partial charge in [0.2, 0.25) is 0 Å². The van der Waals surface area contributed by atoms with Gasteiger partial charge in [-0.15, -0.1) is 0 Å². The van der Waals surface area contributed by atoms with Crippen molar-refractivity contribution < 1.29 is 4.74 Å². The quantitative estimate of drug-likeness (QED) is 0.754. The molecule has 1 aromatic rings. The topological polar surface area (TPSA) is 24.5 Å². The Balaban J connectivity index is 2.51. The van der Waals surface area contributed by atoms with E-state index in [0.29, 0.717) is 6.04 Å². The maximum Gasteiger partial charge on any atom is 0.0630 e. The van der Waals surface area contributed by atoms with E-state index in [4.69, 9.17) is 4.74 Å². The van der Waals surface area contributed by atoms with Crippen molar-refractivity contribution in [2.75, 3.05) is 34.4 Å². The van der Waals surface area contributed by atoms with Gasteiger partial charge in [-0.05, 0) is 19.7 Å². The molecule has 0 spiro atoms. The van der Waals surface area contributed by atoms with E-state index >= 15 is 0 Å². The number of hydrogen-bond acceptors (Lipinski definition) is 3. The van der Waals surface area contributed by atoms with Crippen molar-refractivity contribution in [2.24, 2.45) is 0 Å². The van der Waals surface area contributed by atoms with Crippen molar-refractivity contribution in [3.63, 3.8) is 0 Å². The van der Waals surface area contributed by atoms with E-state index in [1.807, 2.05) is 13.1 Å². The molecule has 0 saturated heterocycles. The van der Waals surface area contributed by atoms with Crippen molar-refractivity contribution in [1.29, 1.82) is 0 Å². The van der Waals surface area contributed by atoms with E-state index in [1.54, 1.807) is 7.11 Å². The van der Waals surface area contributed by atoms with Crippen LogP contribution in [0.1, 0.15) is 5.56 Å². The molecule has 1 aromatic carbocycles. The van der Waals surface area contributed by atoms with Crippen LogP contribution in [-0.4, -0.2) is 45.3 Å². The largest absolute Gasteiger partial charge is 0.383 e. The molecule has 1 N–H and O–H groups in total. The predicted octanol–water partition coefficient (Wildman–Crippen LogP) is 1.35. The lowest BCUT2D eigenvalue weighted by Crippen LogP contribution is -2.41. The molecular formula is C13H22N2O. The molecule has 1 unspecified atom stereocenters. The van der Waals surface area contributed by atoms with E-state index < -0.39 is 0 Å². The molecule has 1 atom stereocenters. The Kier molecular flexibility index (Phi) is 6.08. The zero-order chi connectivity index (χ0) is 11.8. The third kappa shape index (κ3) is 4.31. The van der Waals surface area contributed by atoms with Gasteiger partial charge in [0.15, 0.2) is 0 Å². The van der Waals surface area contributed by atoms with E-state index in [-0.39, 0.29) is 0 Å². The highest BCUT2D eigenvalue weighted by Gasteiger charge is 2.13. The molecule has 0 bridgehead atoms. The minimum absolute atomic E-state index is 0.412. The number of nitrogens with zero attached hydrogens (tertiary/aromatic N) is 1. The molecule has 0 aliphatic heterocycles. The summed E-state index contributed by atoms with van der Waals surface area (Å²) in [6.45, 7) is 2.65. The minimum atomic E-state index is 0.412. The summed E-state index contributed by atoms with van der Waals surface area (Å²) in [4.78, 5) is 2.31. The van der Waals surface area contributed by atoms with Gasteiger partial charge >= 0.3 is 0 Å². The number of nitrogens with one attached hydrogen (secondary N) is 1. The summed E-state index contributed by atoms with van der Waals surface area (Å²) in [5, 5.41) is 3.20. The minimum Gasteiger partial charge on any atom is -0.383 e. The van der Waals surface area contributed by atoms with Gasteiger partial charge in [0, 0.05) is 26.2 Å². The third-order valence-corrected chi connectivity index (χ3v) is 2.70. The van der Waals surface area contributed by atoms with Crippen molar-refractivity contribution in [1.82, 2.24) is 10.2 Å². The number of ether oxygens (including phenoxy) is 1. The molecule has 0 fully saturated rings. The molecule has 16 heavy (non-hydrogen) atoms. The van der Waals surface area contributed by atoms with Crippen molar-refractivity contribution in [3.05, 3.63) is 35.9 Å². The van der Waals surface area contributed by atoms with Crippen LogP contribution in [-0.2, 0) is 11.3 Å². The van der Waals surface area contributed by atoms with Crippen LogP contribution < -0.4 is 5.32 Å². The first kappa shape index (κ1) is 13.2. The second-order valence-corrected chi connectivity index (χ2v) is 4.07. The third-order valence-electron chi connectivity index (χ3n) is 2.70. The van der Waals surface area contributed by atoms with Gasteiger partial charge < -0.3 is 10.1 Å². The Hall–Kier alpha value is -0.900. The smallest absolute Gasteiger partial charge is 0.0630 e. The molecule has 0 aliphatic rings. The summed E-state index contributed by atoms with van der Waals surface area (Å²) in [6.07, 6.45) is 0. The average Bonchev–Trinajstić information content (AvgIpc) is 2.30. The standard InChI is InChI=1S/C13H22N2O/c1-14-9-13(11-16-3)15(2)10-12-7-5-4-6-8-12/h4-8,13-14H,9-11H2,1-3H3. The van der Waals surface area contributed by atoms with E-state index in [1.165, 1.54) is 5.56 Å².